The van der Waals surface area contributed by atoms with Crippen molar-refractivity contribution in [3.05, 3.63) is 29.3 Å². The van der Waals surface area contributed by atoms with Gasteiger partial charge in [0.2, 0.25) is 0 Å². The summed E-state index contributed by atoms with van der Waals surface area (Å²) in [5, 5.41) is 3.69. The molecule has 0 radical (unpaired) electrons. The first kappa shape index (κ1) is 13.4. The van der Waals surface area contributed by atoms with Crippen LogP contribution in [0.5, 0.6) is 5.75 Å². The van der Waals surface area contributed by atoms with E-state index in [-0.39, 0.29) is 0 Å². The minimum absolute atomic E-state index is 0.642. The lowest BCUT2D eigenvalue weighted by molar-refractivity contribution is 0.409. The Morgan fingerprint density at radius 3 is 2.89 bits per heavy atom. The molecule has 18 heavy (non-hydrogen) atoms. The Balaban J connectivity index is 1.92. The molecule has 2 heteroatoms. The molecule has 2 rings (SSSR count). The second-order valence-electron chi connectivity index (χ2n) is 5.71. The van der Waals surface area contributed by atoms with E-state index in [1.807, 2.05) is 0 Å². The molecule has 1 aromatic carbocycles. The predicted molar refractivity (Wildman–Crippen MR) is 76.3 cm³/mol. The first-order valence-corrected chi connectivity index (χ1v) is 7.08. The molecule has 0 fully saturated rings. The van der Waals surface area contributed by atoms with Gasteiger partial charge in [0.15, 0.2) is 0 Å². The molecule has 0 heterocycles. The topological polar surface area (TPSA) is 21.3 Å². The Labute approximate surface area is 111 Å². The van der Waals surface area contributed by atoms with E-state index in [2.05, 4.69) is 37.4 Å². The summed E-state index contributed by atoms with van der Waals surface area (Å²) in [4.78, 5) is 0. The van der Waals surface area contributed by atoms with E-state index in [1.54, 1.807) is 7.11 Å². The lowest BCUT2D eigenvalue weighted by Gasteiger charge is -2.26. The van der Waals surface area contributed by atoms with Crippen LogP contribution in [0.2, 0.25) is 0 Å². The average Bonchev–Trinajstić information content (AvgIpc) is 2.37. The third kappa shape index (κ3) is 3.49. The number of aryl methyl sites for hydroxylation is 1. The lowest BCUT2D eigenvalue weighted by atomic mass is 9.88. The maximum Gasteiger partial charge on any atom is 0.119 e. The molecule has 0 amide bonds. The van der Waals surface area contributed by atoms with Gasteiger partial charge >= 0.3 is 0 Å². The summed E-state index contributed by atoms with van der Waals surface area (Å²) in [6.07, 6.45) is 4.86. The highest BCUT2D eigenvalue weighted by atomic mass is 16.5. The first-order valence-electron chi connectivity index (χ1n) is 7.08. The average molecular weight is 247 g/mol. The summed E-state index contributed by atoms with van der Waals surface area (Å²) in [6, 6.07) is 7.14. The van der Waals surface area contributed by atoms with E-state index in [4.69, 9.17) is 4.74 Å². The molecule has 100 valence electrons. The highest BCUT2D eigenvalue weighted by Crippen LogP contribution is 2.25. The molecule has 0 bridgehead atoms. The minimum atomic E-state index is 0.642. The number of benzene rings is 1. The van der Waals surface area contributed by atoms with Crippen LogP contribution in [-0.4, -0.2) is 19.7 Å². The normalized spacial score (nSPS) is 18.8. The van der Waals surface area contributed by atoms with Crippen LogP contribution in [0.1, 0.15) is 37.8 Å². The SMILES string of the molecule is COc1ccc2c(c1)CC(NCCC(C)C)CC2. The maximum absolute atomic E-state index is 5.31. The van der Waals surface area contributed by atoms with Crippen molar-refractivity contribution in [3.8, 4) is 5.75 Å². The van der Waals surface area contributed by atoms with Crippen LogP contribution >= 0.6 is 0 Å². The summed E-state index contributed by atoms with van der Waals surface area (Å²) < 4.78 is 5.31. The van der Waals surface area contributed by atoms with Crippen molar-refractivity contribution in [1.82, 2.24) is 5.32 Å². The van der Waals surface area contributed by atoms with Crippen LogP contribution in [0.25, 0.3) is 0 Å². The molecule has 1 N–H and O–H groups in total. The maximum atomic E-state index is 5.31. The van der Waals surface area contributed by atoms with E-state index in [0.29, 0.717) is 6.04 Å². The number of hydrogen-bond donors (Lipinski definition) is 1. The van der Waals surface area contributed by atoms with Crippen LogP contribution in [0.15, 0.2) is 18.2 Å². The Kier molecular flexibility index (Phi) is 4.65. The van der Waals surface area contributed by atoms with Gasteiger partial charge in [-0.05, 0) is 61.4 Å². The largest absolute Gasteiger partial charge is 0.497 e. The smallest absolute Gasteiger partial charge is 0.119 e. The first-order chi connectivity index (χ1) is 8.69. The lowest BCUT2D eigenvalue weighted by Crippen LogP contribution is -2.35. The molecule has 1 unspecified atom stereocenters. The zero-order valence-corrected chi connectivity index (χ0v) is 11.8. The monoisotopic (exact) mass is 247 g/mol. The number of nitrogens with one attached hydrogen (secondary N) is 1. The number of hydrogen-bond acceptors (Lipinski definition) is 2. The van der Waals surface area contributed by atoms with Crippen molar-refractivity contribution in [2.45, 2.75) is 45.6 Å². The molecular weight excluding hydrogens is 222 g/mol. The third-order valence-corrected chi connectivity index (χ3v) is 3.80. The highest BCUT2D eigenvalue weighted by molar-refractivity contribution is 5.37. The van der Waals surface area contributed by atoms with Crippen molar-refractivity contribution < 1.29 is 4.74 Å². The van der Waals surface area contributed by atoms with Gasteiger partial charge in [-0.25, -0.2) is 0 Å². The van der Waals surface area contributed by atoms with E-state index in [9.17, 15) is 0 Å². The van der Waals surface area contributed by atoms with Crippen LogP contribution < -0.4 is 10.1 Å². The molecule has 0 aliphatic heterocycles. The second-order valence-corrected chi connectivity index (χ2v) is 5.71. The number of rotatable bonds is 5. The summed E-state index contributed by atoms with van der Waals surface area (Å²) in [5.74, 6) is 1.77. The fourth-order valence-electron chi connectivity index (χ4n) is 2.61. The van der Waals surface area contributed by atoms with Gasteiger partial charge < -0.3 is 10.1 Å². The second kappa shape index (κ2) is 6.24. The molecule has 0 saturated heterocycles. The van der Waals surface area contributed by atoms with Crippen LogP contribution in [0, 0.1) is 5.92 Å². The van der Waals surface area contributed by atoms with Gasteiger partial charge in [0.05, 0.1) is 7.11 Å². The quantitative estimate of drug-likeness (QED) is 0.863. The molecule has 2 nitrogen and oxygen atoms in total. The van der Waals surface area contributed by atoms with Gasteiger partial charge in [-0.15, -0.1) is 0 Å². The standard InChI is InChI=1S/C16H25NO/c1-12(2)8-9-17-15-6-4-13-5-7-16(18-3)11-14(13)10-15/h5,7,11-12,15,17H,4,6,8-10H2,1-3H3. The van der Waals surface area contributed by atoms with Crippen LogP contribution in [0.4, 0.5) is 0 Å². The number of ether oxygens (including phenoxy) is 1. The Morgan fingerprint density at radius 2 is 2.17 bits per heavy atom. The third-order valence-electron chi connectivity index (χ3n) is 3.80. The van der Waals surface area contributed by atoms with Crippen LogP contribution in [0.3, 0.4) is 0 Å². The predicted octanol–water partition coefficient (Wildman–Crippen LogP) is 3.19. The fourth-order valence-corrected chi connectivity index (χ4v) is 2.61. The van der Waals surface area contributed by atoms with Crippen molar-refractivity contribution in [2.24, 2.45) is 5.92 Å². The number of fused-ring (bicyclic) bond motifs is 1. The molecule has 0 aromatic heterocycles. The summed E-state index contributed by atoms with van der Waals surface area (Å²) >= 11 is 0. The summed E-state index contributed by atoms with van der Waals surface area (Å²) in [6.45, 7) is 5.70. The van der Waals surface area contributed by atoms with Gasteiger partial charge in [0.1, 0.15) is 5.75 Å². The highest BCUT2D eigenvalue weighted by Gasteiger charge is 2.18. The zero-order chi connectivity index (χ0) is 13.0. The molecule has 1 atom stereocenters. The Bertz CT molecular complexity index is 387. The van der Waals surface area contributed by atoms with Crippen molar-refractivity contribution in [1.29, 1.82) is 0 Å². The van der Waals surface area contributed by atoms with Crippen molar-refractivity contribution in [3.63, 3.8) is 0 Å². The van der Waals surface area contributed by atoms with E-state index in [0.717, 1.165) is 24.6 Å². The molecule has 0 spiro atoms. The molecule has 1 aliphatic carbocycles. The molecular formula is C16H25NO. The van der Waals surface area contributed by atoms with Gasteiger partial charge in [0.25, 0.3) is 0 Å². The molecule has 1 aromatic rings. The Hall–Kier alpha value is -1.02. The van der Waals surface area contributed by atoms with Crippen molar-refractivity contribution >= 4 is 0 Å². The zero-order valence-electron chi connectivity index (χ0n) is 11.8. The van der Waals surface area contributed by atoms with E-state index >= 15 is 0 Å². The minimum Gasteiger partial charge on any atom is -0.497 e. The number of methoxy groups -OCH3 is 1. The van der Waals surface area contributed by atoms with Gasteiger partial charge in [-0.1, -0.05) is 19.9 Å². The van der Waals surface area contributed by atoms with Gasteiger partial charge in [-0.3, -0.25) is 0 Å². The molecule has 0 saturated carbocycles. The van der Waals surface area contributed by atoms with E-state index in [1.165, 1.54) is 30.4 Å². The van der Waals surface area contributed by atoms with Gasteiger partial charge in [0, 0.05) is 6.04 Å². The Morgan fingerprint density at radius 1 is 1.33 bits per heavy atom. The van der Waals surface area contributed by atoms with Crippen LogP contribution in [-0.2, 0) is 12.8 Å². The fraction of sp³-hybridized carbons (Fsp3) is 0.625. The molecule has 1 aliphatic rings. The van der Waals surface area contributed by atoms with Gasteiger partial charge in [-0.2, -0.15) is 0 Å². The van der Waals surface area contributed by atoms with Crippen molar-refractivity contribution in [2.75, 3.05) is 13.7 Å². The summed E-state index contributed by atoms with van der Waals surface area (Å²) in [7, 11) is 1.74. The summed E-state index contributed by atoms with van der Waals surface area (Å²) in [5.41, 5.74) is 2.96. The van der Waals surface area contributed by atoms with E-state index < -0.39 is 0 Å².